The number of hydrogen-bond donors (Lipinski definition) is 1. The van der Waals surface area contributed by atoms with Crippen LogP contribution in [-0.2, 0) is 0 Å². The van der Waals surface area contributed by atoms with Gasteiger partial charge < -0.3 is 15.1 Å². The Labute approximate surface area is 169 Å². The number of halogens is 2. The number of anilines is 1. The van der Waals surface area contributed by atoms with Crippen LogP contribution in [0.25, 0.3) is 10.1 Å². The molecule has 0 atom stereocenters. The summed E-state index contributed by atoms with van der Waals surface area (Å²) in [5.41, 5.74) is 1.40. The molecular formula is C20H18F2N4O2S. The Morgan fingerprint density at radius 1 is 1.03 bits per heavy atom. The zero-order chi connectivity index (χ0) is 20.5. The van der Waals surface area contributed by atoms with Gasteiger partial charge in [-0.05, 0) is 42.7 Å². The molecule has 4 rings (SSSR count). The van der Waals surface area contributed by atoms with Gasteiger partial charge in [-0.25, -0.2) is 13.6 Å². The largest absolute Gasteiger partial charge is 0.334 e. The number of benzene rings is 2. The van der Waals surface area contributed by atoms with Gasteiger partial charge >= 0.3 is 6.03 Å². The maximum Gasteiger partial charge on any atom is 0.322 e. The third kappa shape index (κ3) is 3.91. The molecule has 1 fully saturated rings. The summed E-state index contributed by atoms with van der Waals surface area (Å²) in [7, 11) is 0. The van der Waals surface area contributed by atoms with Crippen molar-refractivity contribution in [1.82, 2.24) is 14.2 Å². The lowest BCUT2D eigenvalue weighted by Crippen LogP contribution is -2.51. The Balaban J connectivity index is 1.40. The second-order valence-corrected chi connectivity index (χ2v) is 7.67. The average molecular weight is 416 g/mol. The molecule has 0 saturated carbocycles. The molecule has 0 aliphatic carbocycles. The van der Waals surface area contributed by atoms with E-state index in [9.17, 15) is 18.4 Å². The highest BCUT2D eigenvalue weighted by molar-refractivity contribution is 7.13. The fraction of sp³-hybridized carbons (Fsp3) is 0.250. The number of amides is 3. The van der Waals surface area contributed by atoms with E-state index >= 15 is 0 Å². The van der Waals surface area contributed by atoms with Crippen molar-refractivity contribution in [3.05, 3.63) is 59.3 Å². The summed E-state index contributed by atoms with van der Waals surface area (Å²) < 4.78 is 32.0. The molecule has 3 amide bonds. The van der Waals surface area contributed by atoms with E-state index in [4.69, 9.17) is 0 Å². The topological polar surface area (TPSA) is 65.5 Å². The van der Waals surface area contributed by atoms with Crippen molar-refractivity contribution in [1.29, 1.82) is 0 Å². The number of rotatable bonds is 2. The molecule has 2 aromatic carbocycles. The summed E-state index contributed by atoms with van der Waals surface area (Å²) in [5.74, 6) is -1.71. The Bertz CT molecular complexity index is 1090. The summed E-state index contributed by atoms with van der Waals surface area (Å²) in [4.78, 5) is 28.4. The SMILES string of the molecule is Cc1ccc2snc(C(=O)N3CCN(C(=O)Nc4ccc(F)cc4F)CC3)c2c1. The number of fused-ring (bicyclic) bond motifs is 1. The van der Waals surface area contributed by atoms with Crippen LogP contribution in [0.3, 0.4) is 0 Å². The molecule has 2 heterocycles. The first-order valence-corrected chi connectivity index (χ1v) is 9.86. The van der Waals surface area contributed by atoms with E-state index in [-0.39, 0.29) is 11.6 Å². The van der Waals surface area contributed by atoms with Gasteiger partial charge in [0.1, 0.15) is 17.3 Å². The molecule has 0 bridgehead atoms. The smallest absolute Gasteiger partial charge is 0.322 e. The number of hydrogen-bond acceptors (Lipinski definition) is 4. The van der Waals surface area contributed by atoms with Crippen LogP contribution in [0.5, 0.6) is 0 Å². The molecule has 150 valence electrons. The first-order chi connectivity index (χ1) is 13.9. The Morgan fingerprint density at radius 3 is 2.48 bits per heavy atom. The predicted octanol–water partition coefficient (Wildman–Crippen LogP) is 3.87. The van der Waals surface area contributed by atoms with Crippen LogP contribution in [0.15, 0.2) is 36.4 Å². The quantitative estimate of drug-likeness (QED) is 0.690. The predicted molar refractivity (Wildman–Crippen MR) is 107 cm³/mol. The lowest BCUT2D eigenvalue weighted by molar-refractivity contribution is 0.0669. The standard InChI is InChI=1S/C20H18F2N4O2S/c1-12-2-5-17-14(10-12)18(24-29-17)19(27)25-6-8-26(9-7-25)20(28)23-16-4-3-13(21)11-15(16)22/h2-5,10-11H,6-9H2,1H3,(H,23,28). The zero-order valence-corrected chi connectivity index (χ0v) is 16.4. The molecule has 9 heteroatoms. The highest BCUT2D eigenvalue weighted by Gasteiger charge is 2.27. The van der Waals surface area contributed by atoms with Gasteiger partial charge in [0.15, 0.2) is 0 Å². The second-order valence-electron chi connectivity index (χ2n) is 6.86. The van der Waals surface area contributed by atoms with Crippen LogP contribution >= 0.6 is 11.5 Å². The van der Waals surface area contributed by atoms with Crippen LogP contribution in [0.2, 0.25) is 0 Å². The van der Waals surface area contributed by atoms with E-state index in [1.165, 1.54) is 22.5 Å². The van der Waals surface area contributed by atoms with Gasteiger partial charge in [-0.3, -0.25) is 4.79 Å². The van der Waals surface area contributed by atoms with Gasteiger partial charge in [-0.1, -0.05) is 11.6 Å². The second kappa shape index (κ2) is 7.75. The normalized spacial score (nSPS) is 14.3. The van der Waals surface area contributed by atoms with Crippen molar-refractivity contribution in [2.45, 2.75) is 6.92 Å². The maximum atomic E-state index is 13.7. The fourth-order valence-corrected chi connectivity index (χ4v) is 4.00. The molecule has 29 heavy (non-hydrogen) atoms. The minimum absolute atomic E-state index is 0.0841. The summed E-state index contributed by atoms with van der Waals surface area (Å²) in [6, 6.07) is 8.37. The Hall–Kier alpha value is -3.07. The van der Waals surface area contributed by atoms with Crippen LogP contribution < -0.4 is 5.32 Å². The lowest BCUT2D eigenvalue weighted by Gasteiger charge is -2.34. The monoisotopic (exact) mass is 416 g/mol. The molecule has 0 spiro atoms. The minimum Gasteiger partial charge on any atom is -0.334 e. The number of carbonyl (C=O) groups excluding carboxylic acids is 2. The van der Waals surface area contributed by atoms with Gasteiger partial charge in [0, 0.05) is 37.6 Å². The van der Waals surface area contributed by atoms with Crippen molar-refractivity contribution in [2.24, 2.45) is 0 Å². The van der Waals surface area contributed by atoms with Crippen molar-refractivity contribution >= 4 is 39.2 Å². The number of carbonyl (C=O) groups is 2. The third-order valence-electron chi connectivity index (χ3n) is 4.85. The van der Waals surface area contributed by atoms with Gasteiger partial charge in [0.25, 0.3) is 5.91 Å². The molecule has 1 aliphatic heterocycles. The number of urea groups is 1. The van der Waals surface area contributed by atoms with Gasteiger partial charge in [-0.2, -0.15) is 4.37 Å². The molecule has 1 saturated heterocycles. The highest BCUT2D eigenvalue weighted by atomic mass is 32.1. The molecule has 1 aromatic heterocycles. The van der Waals surface area contributed by atoms with Gasteiger partial charge in [0.05, 0.1) is 10.4 Å². The number of nitrogens with zero attached hydrogens (tertiary/aromatic N) is 3. The summed E-state index contributed by atoms with van der Waals surface area (Å²) in [5, 5.41) is 3.28. The molecule has 3 aromatic rings. The number of aryl methyl sites for hydroxylation is 1. The summed E-state index contributed by atoms with van der Waals surface area (Å²) >= 11 is 1.29. The first-order valence-electron chi connectivity index (χ1n) is 9.08. The molecule has 1 aliphatic rings. The van der Waals surface area contributed by atoms with Gasteiger partial charge in [-0.15, -0.1) is 0 Å². The molecule has 0 radical (unpaired) electrons. The van der Waals surface area contributed by atoms with Crippen molar-refractivity contribution in [3.8, 4) is 0 Å². The first kappa shape index (κ1) is 19.3. The van der Waals surface area contributed by atoms with Crippen molar-refractivity contribution in [3.63, 3.8) is 0 Å². The summed E-state index contributed by atoms with van der Waals surface area (Å²) in [6.45, 7) is 3.28. The average Bonchev–Trinajstić information content (AvgIpc) is 3.12. The lowest BCUT2D eigenvalue weighted by atomic mass is 10.1. The van der Waals surface area contributed by atoms with Crippen molar-refractivity contribution < 1.29 is 18.4 Å². The van der Waals surface area contributed by atoms with Crippen LogP contribution in [-0.4, -0.2) is 52.3 Å². The molecule has 6 nitrogen and oxygen atoms in total. The number of piperazine rings is 1. The molecule has 0 unspecified atom stereocenters. The molecule has 1 N–H and O–H groups in total. The minimum atomic E-state index is -0.835. The third-order valence-corrected chi connectivity index (χ3v) is 5.68. The zero-order valence-electron chi connectivity index (χ0n) is 15.6. The maximum absolute atomic E-state index is 13.7. The van der Waals surface area contributed by atoms with Crippen LogP contribution in [0.1, 0.15) is 16.1 Å². The highest BCUT2D eigenvalue weighted by Crippen LogP contribution is 2.25. The van der Waals surface area contributed by atoms with Gasteiger partial charge in [0.2, 0.25) is 0 Å². The van der Waals surface area contributed by atoms with E-state index < -0.39 is 17.7 Å². The van der Waals surface area contributed by atoms with E-state index in [1.807, 2.05) is 25.1 Å². The van der Waals surface area contributed by atoms with E-state index in [2.05, 4.69) is 9.69 Å². The molecular weight excluding hydrogens is 398 g/mol. The van der Waals surface area contributed by atoms with Crippen molar-refractivity contribution in [2.75, 3.05) is 31.5 Å². The number of aromatic nitrogens is 1. The number of nitrogens with one attached hydrogen (secondary N) is 1. The Kier molecular flexibility index (Phi) is 5.14. The fourth-order valence-electron chi connectivity index (χ4n) is 3.25. The van der Waals surface area contributed by atoms with E-state index in [1.54, 1.807) is 4.90 Å². The van der Waals surface area contributed by atoms with Crippen LogP contribution in [0.4, 0.5) is 19.3 Å². The summed E-state index contributed by atoms with van der Waals surface area (Å²) in [6.07, 6.45) is 0. The van der Waals surface area contributed by atoms with E-state index in [0.717, 1.165) is 21.7 Å². The van der Waals surface area contributed by atoms with E-state index in [0.29, 0.717) is 37.9 Å². The Morgan fingerprint density at radius 2 is 1.76 bits per heavy atom. The van der Waals surface area contributed by atoms with Crippen LogP contribution in [0, 0.1) is 18.6 Å².